The highest BCUT2D eigenvalue weighted by atomic mass is 19.4. The van der Waals surface area contributed by atoms with Crippen LogP contribution in [0.25, 0.3) is 0 Å². The first-order chi connectivity index (χ1) is 14.4. The molecule has 3 rings (SSSR count). The molecular formula is C19H12F7N3O2. The molecule has 0 radical (unpaired) electrons. The van der Waals surface area contributed by atoms with Crippen molar-refractivity contribution in [3.05, 3.63) is 65.6 Å². The summed E-state index contributed by atoms with van der Waals surface area (Å²) in [5.41, 5.74) is -3.62. The molecule has 0 fully saturated rings. The summed E-state index contributed by atoms with van der Waals surface area (Å²) in [6.45, 7) is 0. The van der Waals surface area contributed by atoms with Crippen LogP contribution < -0.4 is 9.64 Å². The van der Waals surface area contributed by atoms with E-state index in [0.717, 1.165) is 49.5 Å². The van der Waals surface area contributed by atoms with Crippen molar-refractivity contribution in [3.63, 3.8) is 0 Å². The maximum atomic E-state index is 13.6. The van der Waals surface area contributed by atoms with Crippen LogP contribution in [-0.2, 0) is 24.2 Å². The summed E-state index contributed by atoms with van der Waals surface area (Å²) in [4.78, 5) is 12.2. The maximum Gasteiger partial charge on any atom is 0.437 e. The van der Waals surface area contributed by atoms with Crippen LogP contribution in [0.4, 0.5) is 42.1 Å². The van der Waals surface area contributed by atoms with Gasteiger partial charge >= 0.3 is 12.4 Å². The normalized spacial score (nSPS) is 12.0. The molecule has 0 N–H and O–H groups in total. The molecule has 164 valence electrons. The number of anilines is 2. The molecule has 3 aromatic rings. The minimum absolute atomic E-state index is 0.0263. The van der Waals surface area contributed by atoms with Crippen LogP contribution >= 0.6 is 0 Å². The molecule has 5 nitrogen and oxygen atoms in total. The van der Waals surface area contributed by atoms with Crippen molar-refractivity contribution in [1.82, 2.24) is 9.78 Å². The Kier molecular flexibility index (Phi) is 5.66. The van der Waals surface area contributed by atoms with Gasteiger partial charge < -0.3 is 4.74 Å². The monoisotopic (exact) mass is 447 g/mol. The number of amides is 1. The van der Waals surface area contributed by atoms with Crippen molar-refractivity contribution in [3.8, 4) is 11.6 Å². The van der Waals surface area contributed by atoms with Gasteiger partial charge in [-0.1, -0.05) is 6.07 Å². The van der Waals surface area contributed by atoms with Crippen molar-refractivity contribution in [2.45, 2.75) is 12.4 Å². The van der Waals surface area contributed by atoms with Gasteiger partial charge in [-0.3, -0.25) is 9.69 Å². The summed E-state index contributed by atoms with van der Waals surface area (Å²) in [7, 11) is 1.06. The van der Waals surface area contributed by atoms with Gasteiger partial charge in [0.05, 0.1) is 5.56 Å². The van der Waals surface area contributed by atoms with Crippen LogP contribution in [0.1, 0.15) is 11.3 Å². The van der Waals surface area contributed by atoms with Gasteiger partial charge in [0.1, 0.15) is 17.3 Å². The summed E-state index contributed by atoms with van der Waals surface area (Å²) in [6.07, 6.45) is -9.73. The topological polar surface area (TPSA) is 47.4 Å². The summed E-state index contributed by atoms with van der Waals surface area (Å²) >= 11 is 0. The Morgan fingerprint density at radius 2 is 1.65 bits per heavy atom. The molecule has 0 aliphatic rings. The van der Waals surface area contributed by atoms with E-state index < -0.39 is 46.7 Å². The van der Waals surface area contributed by atoms with Gasteiger partial charge in [-0.2, -0.15) is 31.4 Å². The quantitative estimate of drug-likeness (QED) is 0.373. The highest BCUT2D eigenvalue weighted by Gasteiger charge is 2.42. The van der Waals surface area contributed by atoms with Gasteiger partial charge in [0.2, 0.25) is 12.3 Å². The van der Waals surface area contributed by atoms with Crippen LogP contribution in [0.15, 0.2) is 48.5 Å². The molecule has 0 aliphatic heterocycles. The van der Waals surface area contributed by atoms with Gasteiger partial charge in [0.15, 0.2) is 5.69 Å². The second-order valence-corrected chi connectivity index (χ2v) is 6.20. The Hall–Kier alpha value is -3.57. The van der Waals surface area contributed by atoms with E-state index in [4.69, 9.17) is 4.74 Å². The highest BCUT2D eigenvalue weighted by molar-refractivity contribution is 5.90. The largest absolute Gasteiger partial charge is 0.437 e. The standard InChI is InChI=1S/C19H12F7N3O2/c1-28-17(31-14-4-2-3-11(9-14)18(21,22)23)15(16(27-28)19(24,25)26)29(10-30)13-7-5-12(20)6-8-13/h2-10H,1H3. The number of rotatable bonds is 5. The van der Waals surface area contributed by atoms with E-state index in [-0.39, 0.29) is 12.1 Å². The fraction of sp³-hybridized carbons (Fsp3) is 0.158. The zero-order valence-corrected chi connectivity index (χ0v) is 15.5. The number of hydrogen-bond donors (Lipinski definition) is 0. The van der Waals surface area contributed by atoms with E-state index in [1.54, 1.807) is 0 Å². The van der Waals surface area contributed by atoms with E-state index in [1.165, 1.54) is 0 Å². The molecule has 0 saturated carbocycles. The molecule has 0 bridgehead atoms. The first kappa shape index (κ1) is 22.1. The lowest BCUT2D eigenvalue weighted by Gasteiger charge is -2.20. The number of ether oxygens (including phenoxy) is 1. The molecule has 0 spiro atoms. The lowest BCUT2D eigenvalue weighted by Crippen LogP contribution is -2.19. The molecule has 0 atom stereocenters. The Morgan fingerprint density at radius 3 is 2.19 bits per heavy atom. The number of halogens is 7. The van der Waals surface area contributed by atoms with E-state index in [9.17, 15) is 35.5 Å². The smallest absolute Gasteiger partial charge is 0.437 e. The first-order valence-electron chi connectivity index (χ1n) is 8.41. The number of carbonyl (C=O) groups excluding carboxylic acids is 1. The molecule has 12 heteroatoms. The number of benzene rings is 2. The summed E-state index contributed by atoms with van der Waals surface area (Å²) in [5, 5.41) is 3.33. The number of aromatic nitrogens is 2. The minimum Gasteiger partial charge on any atom is -0.437 e. The van der Waals surface area contributed by atoms with Crippen LogP contribution in [0.5, 0.6) is 11.6 Å². The minimum atomic E-state index is -5.04. The third-order valence-corrected chi connectivity index (χ3v) is 4.07. The molecule has 1 heterocycles. The second kappa shape index (κ2) is 7.93. The van der Waals surface area contributed by atoms with E-state index >= 15 is 0 Å². The summed E-state index contributed by atoms with van der Waals surface area (Å²) in [5.74, 6) is -1.78. The van der Waals surface area contributed by atoms with Crippen LogP contribution in [-0.4, -0.2) is 16.2 Å². The van der Waals surface area contributed by atoms with Crippen molar-refractivity contribution >= 4 is 17.8 Å². The summed E-state index contributed by atoms with van der Waals surface area (Å²) in [6, 6.07) is 7.39. The zero-order valence-electron chi connectivity index (χ0n) is 15.5. The first-order valence-corrected chi connectivity index (χ1v) is 8.41. The molecule has 0 saturated heterocycles. The average molecular weight is 447 g/mol. The number of alkyl halides is 6. The molecule has 0 aliphatic carbocycles. The van der Waals surface area contributed by atoms with Crippen molar-refractivity contribution < 1.29 is 40.3 Å². The Balaban J connectivity index is 2.16. The fourth-order valence-corrected chi connectivity index (χ4v) is 2.71. The average Bonchev–Trinajstić information content (AvgIpc) is 3.00. The number of carbonyl (C=O) groups is 1. The molecule has 1 amide bonds. The predicted octanol–water partition coefficient (Wildman–Crippen LogP) is 5.68. The number of hydrogen-bond acceptors (Lipinski definition) is 3. The molecular weight excluding hydrogens is 435 g/mol. The number of nitrogens with zero attached hydrogens (tertiary/aromatic N) is 3. The van der Waals surface area contributed by atoms with Gasteiger partial charge in [-0.05, 0) is 42.5 Å². The van der Waals surface area contributed by atoms with E-state index in [1.807, 2.05) is 0 Å². The van der Waals surface area contributed by atoms with E-state index in [2.05, 4.69) is 5.10 Å². The van der Waals surface area contributed by atoms with Crippen LogP contribution in [0.3, 0.4) is 0 Å². The van der Waals surface area contributed by atoms with Crippen molar-refractivity contribution in [2.75, 3.05) is 4.90 Å². The Labute approximate surface area is 170 Å². The molecule has 31 heavy (non-hydrogen) atoms. The van der Waals surface area contributed by atoms with Crippen LogP contribution in [0, 0.1) is 5.82 Å². The number of aryl methyl sites for hydroxylation is 1. The van der Waals surface area contributed by atoms with Gasteiger partial charge in [-0.15, -0.1) is 0 Å². The predicted molar refractivity (Wildman–Crippen MR) is 94.3 cm³/mol. The summed E-state index contributed by atoms with van der Waals surface area (Å²) < 4.78 is 98.8. The van der Waals surface area contributed by atoms with Crippen molar-refractivity contribution in [1.29, 1.82) is 0 Å². The van der Waals surface area contributed by atoms with Gasteiger partial charge in [-0.25, -0.2) is 9.07 Å². The van der Waals surface area contributed by atoms with Crippen LogP contribution in [0.2, 0.25) is 0 Å². The Bertz CT molecular complexity index is 1090. The second-order valence-electron chi connectivity index (χ2n) is 6.20. The molecule has 1 aromatic heterocycles. The fourth-order valence-electron chi connectivity index (χ4n) is 2.71. The highest BCUT2D eigenvalue weighted by Crippen LogP contribution is 2.45. The molecule has 0 unspecified atom stereocenters. The Morgan fingerprint density at radius 1 is 1.00 bits per heavy atom. The zero-order chi connectivity index (χ0) is 23.0. The van der Waals surface area contributed by atoms with Gasteiger partial charge in [0, 0.05) is 12.7 Å². The van der Waals surface area contributed by atoms with Crippen molar-refractivity contribution in [2.24, 2.45) is 7.05 Å². The van der Waals surface area contributed by atoms with E-state index in [0.29, 0.717) is 15.6 Å². The maximum absolute atomic E-state index is 13.6. The van der Waals surface area contributed by atoms with Gasteiger partial charge in [0.25, 0.3) is 0 Å². The third kappa shape index (κ3) is 4.62. The molecule has 2 aromatic carbocycles. The SMILES string of the molecule is Cn1nc(C(F)(F)F)c(N(C=O)c2ccc(F)cc2)c1Oc1cccc(C(F)(F)F)c1. The lowest BCUT2D eigenvalue weighted by atomic mass is 10.2. The third-order valence-electron chi connectivity index (χ3n) is 4.07. The lowest BCUT2D eigenvalue weighted by molar-refractivity contribution is -0.141.